The van der Waals surface area contributed by atoms with Gasteiger partial charge in [0.25, 0.3) is 5.56 Å². The van der Waals surface area contributed by atoms with Gasteiger partial charge in [-0.25, -0.2) is 0 Å². The van der Waals surface area contributed by atoms with Gasteiger partial charge in [-0.15, -0.1) is 4.91 Å². The predicted octanol–water partition coefficient (Wildman–Crippen LogP) is 3.85. The number of benzene rings is 1. The van der Waals surface area contributed by atoms with Gasteiger partial charge in [0.2, 0.25) is 17.3 Å². The molecule has 0 atom stereocenters. The lowest BCUT2D eigenvalue weighted by atomic mass is 10.2. The largest absolute Gasteiger partial charge is 0.494 e. The number of nitrogens with zero attached hydrogens (tertiary/aromatic N) is 4. The molecule has 0 unspecified atom stereocenters. The van der Waals surface area contributed by atoms with Crippen molar-refractivity contribution in [1.82, 2.24) is 9.13 Å². The first kappa shape index (κ1) is 18.7. The van der Waals surface area contributed by atoms with Crippen LogP contribution in [0, 0.1) is 9.68 Å². The van der Waals surface area contributed by atoms with Crippen LogP contribution in [0.15, 0.2) is 52.1 Å². The van der Waals surface area contributed by atoms with Crippen LogP contribution in [-0.2, 0) is 13.1 Å². The average molecular weight is 383 g/mol. The Balaban J connectivity index is 2.14. The third-order valence-electron chi connectivity index (χ3n) is 4.37. The molecular weight excluding hydrogens is 364 g/mol. The van der Waals surface area contributed by atoms with Crippen molar-refractivity contribution in [3.8, 4) is 5.88 Å². The molecule has 0 radical (unpaired) electrons. The van der Waals surface area contributed by atoms with E-state index >= 15 is 0 Å². The van der Waals surface area contributed by atoms with Crippen LogP contribution < -0.4 is 5.56 Å². The molecular formula is C19H19N4O3S+. The predicted molar refractivity (Wildman–Crippen MR) is 108 cm³/mol. The lowest BCUT2D eigenvalue weighted by Gasteiger charge is -2.13. The SMILES string of the molecule is CCn1c(O)c(/C=C2/C=CC=[N+]2c2ccc(N=O)cc2)c(=O)n(CC)c1=S. The van der Waals surface area contributed by atoms with E-state index < -0.39 is 0 Å². The molecule has 0 saturated carbocycles. The second-order valence-electron chi connectivity index (χ2n) is 5.87. The fourth-order valence-corrected chi connectivity index (χ4v) is 3.40. The quantitative estimate of drug-likeness (QED) is 0.483. The molecule has 0 amide bonds. The lowest BCUT2D eigenvalue weighted by Crippen LogP contribution is -2.26. The molecule has 1 N–H and O–H groups in total. The maximum Gasteiger partial charge on any atom is 0.265 e. The second-order valence-corrected chi connectivity index (χ2v) is 6.23. The normalized spacial score (nSPS) is 14.6. The molecule has 2 aromatic rings. The van der Waals surface area contributed by atoms with Crippen molar-refractivity contribution < 1.29 is 9.68 Å². The van der Waals surface area contributed by atoms with E-state index in [0.717, 1.165) is 5.69 Å². The Morgan fingerprint density at radius 1 is 1.19 bits per heavy atom. The van der Waals surface area contributed by atoms with Gasteiger partial charge in [-0.05, 0) is 43.4 Å². The summed E-state index contributed by atoms with van der Waals surface area (Å²) in [5, 5.41) is 13.5. The van der Waals surface area contributed by atoms with Crippen molar-refractivity contribution in [1.29, 1.82) is 0 Å². The molecule has 2 heterocycles. The third kappa shape index (κ3) is 3.31. The molecule has 3 rings (SSSR count). The molecule has 0 aliphatic carbocycles. The Kier molecular flexibility index (Phi) is 5.27. The van der Waals surface area contributed by atoms with Gasteiger partial charge in [0, 0.05) is 43.5 Å². The van der Waals surface area contributed by atoms with E-state index in [9.17, 15) is 14.8 Å². The van der Waals surface area contributed by atoms with Gasteiger partial charge in [0.05, 0.1) is 0 Å². The monoisotopic (exact) mass is 383 g/mol. The summed E-state index contributed by atoms with van der Waals surface area (Å²) in [5.74, 6) is -0.148. The molecule has 1 aromatic heterocycles. The summed E-state index contributed by atoms with van der Waals surface area (Å²) in [6.07, 6.45) is 7.14. The Hall–Kier alpha value is -3.13. The van der Waals surface area contributed by atoms with Gasteiger partial charge >= 0.3 is 0 Å². The first-order chi connectivity index (χ1) is 13.0. The van der Waals surface area contributed by atoms with Gasteiger partial charge in [0.1, 0.15) is 11.3 Å². The van der Waals surface area contributed by atoms with E-state index in [-0.39, 0.29) is 17.0 Å². The maximum atomic E-state index is 12.8. The Bertz CT molecular complexity index is 1110. The highest BCUT2D eigenvalue weighted by Gasteiger charge is 2.21. The molecule has 27 heavy (non-hydrogen) atoms. The number of nitroso groups, excluding NO2 is 1. The zero-order chi connectivity index (χ0) is 19.6. The standard InChI is InChI=1S/C19H18N4O3S/c1-3-21-17(24)16(18(25)22(4-2)19(21)27)12-15-6-5-11-23(15)14-9-7-13(20-26)8-10-14/h5-12H,3-4H2,1-2H3/p+1. The lowest BCUT2D eigenvalue weighted by molar-refractivity contribution is -0.366. The molecule has 1 aliphatic heterocycles. The summed E-state index contributed by atoms with van der Waals surface area (Å²) in [6.45, 7) is 4.56. The fraction of sp³-hybridized carbons (Fsp3) is 0.211. The van der Waals surface area contributed by atoms with Crippen LogP contribution >= 0.6 is 12.2 Å². The third-order valence-corrected chi connectivity index (χ3v) is 4.81. The Morgan fingerprint density at radius 3 is 2.44 bits per heavy atom. The van der Waals surface area contributed by atoms with Crippen molar-refractivity contribution in [2.75, 3.05) is 0 Å². The maximum absolute atomic E-state index is 12.8. The molecule has 8 heteroatoms. The molecule has 0 saturated heterocycles. The first-order valence-electron chi connectivity index (χ1n) is 8.54. The molecule has 0 bridgehead atoms. The van der Waals surface area contributed by atoms with E-state index in [1.807, 2.05) is 36.8 Å². The van der Waals surface area contributed by atoms with E-state index in [2.05, 4.69) is 5.18 Å². The minimum atomic E-state index is -0.335. The molecule has 0 spiro atoms. The number of rotatable bonds is 5. The number of aromatic hydroxyl groups is 1. The topological polar surface area (TPSA) is 79.6 Å². The van der Waals surface area contributed by atoms with Crippen LogP contribution in [0.4, 0.5) is 11.4 Å². The minimum absolute atomic E-state index is 0.148. The second kappa shape index (κ2) is 7.63. The van der Waals surface area contributed by atoms with Crippen molar-refractivity contribution in [2.45, 2.75) is 26.9 Å². The summed E-state index contributed by atoms with van der Waals surface area (Å²) < 4.78 is 5.14. The van der Waals surface area contributed by atoms with E-state index in [4.69, 9.17) is 12.2 Å². The highest BCUT2D eigenvalue weighted by molar-refractivity contribution is 7.71. The number of hydrogen-bond donors (Lipinski definition) is 1. The zero-order valence-electron chi connectivity index (χ0n) is 15.0. The van der Waals surface area contributed by atoms with Gasteiger partial charge in [0.15, 0.2) is 11.0 Å². The summed E-state index contributed by atoms with van der Waals surface area (Å²) in [5.41, 5.74) is 1.69. The summed E-state index contributed by atoms with van der Waals surface area (Å²) in [4.78, 5) is 23.4. The zero-order valence-corrected chi connectivity index (χ0v) is 15.8. The smallest absolute Gasteiger partial charge is 0.265 e. The van der Waals surface area contributed by atoms with Gasteiger partial charge in [-0.1, -0.05) is 0 Å². The summed E-state index contributed by atoms with van der Waals surface area (Å²) in [7, 11) is 0. The number of hydrogen-bond acceptors (Lipinski definition) is 5. The van der Waals surface area contributed by atoms with E-state index in [1.165, 1.54) is 9.13 Å². The van der Waals surface area contributed by atoms with Crippen LogP contribution in [0.25, 0.3) is 6.08 Å². The summed E-state index contributed by atoms with van der Waals surface area (Å²) >= 11 is 5.31. The molecule has 1 aromatic carbocycles. The van der Waals surface area contributed by atoms with Crippen molar-refractivity contribution in [2.24, 2.45) is 5.18 Å². The molecule has 0 fully saturated rings. The first-order valence-corrected chi connectivity index (χ1v) is 8.95. The van der Waals surface area contributed by atoms with Gasteiger partial charge in [-0.2, -0.15) is 4.58 Å². The van der Waals surface area contributed by atoms with Crippen molar-refractivity contribution in [3.05, 3.63) is 67.7 Å². The van der Waals surface area contributed by atoms with Crippen LogP contribution in [0.5, 0.6) is 5.88 Å². The van der Waals surface area contributed by atoms with Crippen LogP contribution in [-0.4, -0.2) is 25.0 Å². The number of allylic oxidation sites excluding steroid dienone is 2. The Labute approximate surface area is 160 Å². The number of aromatic nitrogens is 2. The summed E-state index contributed by atoms with van der Waals surface area (Å²) in [6, 6.07) is 6.75. The highest BCUT2D eigenvalue weighted by Crippen LogP contribution is 2.26. The minimum Gasteiger partial charge on any atom is -0.494 e. The van der Waals surface area contributed by atoms with E-state index in [0.29, 0.717) is 29.2 Å². The molecule has 138 valence electrons. The van der Waals surface area contributed by atoms with Crippen LogP contribution in [0.3, 0.4) is 0 Å². The highest BCUT2D eigenvalue weighted by atomic mass is 32.1. The van der Waals surface area contributed by atoms with E-state index in [1.54, 1.807) is 30.3 Å². The van der Waals surface area contributed by atoms with Gasteiger partial charge < -0.3 is 5.11 Å². The van der Waals surface area contributed by atoms with Crippen molar-refractivity contribution in [3.63, 3.8) is 0 Å². The average Bonchev–Trinajstić information content (AvgIpc) is 3.14. The Morgan fingerprint density at radius 2 is 1.85 bits per heavy atom. The van der Waals surface area contributed by atoms with Crippen LogP contribution in [0.2, 0.25) is 0 Å². The molecule has 1 aliphatic rings. The van der Waals surface area contributed by atoms with Crippen LogP contribution in [0.1, 0.15) is 19.4 Å². The van der Waals surface area contributed by atoms with Crippen molar-refractivity contribution >= 4 is 35.9 Å². The fourth-order valence-electron chi connectivity index (χ4n) is 2.97. The molecule has 7 nitrogen and oxygen atoms in total. The van der Waals surface area contributed by atoms with Gasteiger partial charge in [-0.3, -0.25) is 13.9 Å².